The normalized spacial score (nSPS) is 10.6. The lowest BCUT2D eigenvalue weighted by Crippen LogP contribution is -2.27. The molecule has 150 valence electrons. The largest absolute Gasteiger partial charge is 0.484 e. The first-order valence-electron chi connectivity index (χ1n) is 9.24. The van der Waals surface area contributed by atoms with Gasteiger partial charge in [-0.25, -0.2) is 4.68 Å². The highest BCUT2D eigenvalue weighted by Gasteiger charge is 2.18. The van der Waals surface area contributed by atoms with Gasteiger partial charge in [-0.05, 0) is 44.2 Å². The van der Waals surface area contributed by atoms with Crippen LogP contribution in [0.4, 0.5) is 0 Å². The molecule has 0 unspecified atom stereocenters. The molecule has 0 aliphatic rings. The molecule has 0 bridgehead atoms. The van der Waals surface area contributed by atoms with E-state index >= 15 is 0 Å². The topological polar surface area (TPSA) is 90.4 Å². The maximum Gasteiger partial charge on any atom is 0.255 e. The molecule has 0 saturated heterocycles. The molecule has 7 nitrogen and oxygen atoms in total. The van der Waals surface area contributed by atoms with Gasteiger partial charge >= 0.3 is 0 Å². The maximum atomic E-state index is 12.9. The first-order chi connectivity index (χ1) is 13.9. The van der Waals surface area contributed by atoms with Crippen molar-refractivity contribution in [1.29, 1.82) is 0 Å². The summed E-state index contributed by atoms with van der Waals surface area (Å²) in [6, 6.07) is 16.6. The molecule has 1 heterocycles. The molecular formula is C22H24N4O3. The summed E-state index contributed by atoms with van der Waals surface area (Å²) in [6.07, 6.45) is 0. The zero-order valence-corrected chi connectivity index (χ0v) is 16.8. The average Bonchev–Trinajstić information content (AvgIpc) is 3.00. The van der Waals surface area contributed by atoms with Crippen LogP contribution in [-0.4, -0.2) is 40.1 Å². The van der Waals surface area contributed by atoms with E-state index in [9.17, 15) is 9.59 Å². The third-order valence-electron chi connectivity index (χ3n) is 4.65. The third-order valence-corrected chi connectivity index (χ3v) is 4.65. The summed E-state index contributed by atoms with van der Waals surface area (Å²) in [5.74, 6) is -0.298. The van der Waals surface area contributed by atoms with E-state index in [-0.39, 0.29) is 12.5 Å². The Morgan fingerprint density at radius 2 is 1.83 bits per heavy atom. The molecule has 0 atom stereocenters. The molecule has 2 N–H and O–H groups in total. The molecule has 0 aliphatic carbocycles. The second kappa shape index (κ2) is 8.60. The van der Waals surface area contributed by atoms with Gasteiger partial charge in [0.2, 0.25) is 0 Å². The van der Waals surface area contributed by atoms with Crippen LogP contribution >= 0.6 is 0 Å². The molecule has 29 heavy (non-hydrogen) atoms. The molecule has 2 amide bonds. The molecule has 0 saturated carbocycles. The smallest absolute Gasteiger partial charge is 0.255 e. The second-order valence-electron chi connectivity index (χ2n) is 6.84. The Bertz CT molecular complexity index is 1030. The van der Waals surface area contributed by atoms with Gasteiger partial charge in [-0.15, -0.1) is 0 Å². The summed E-state index contributed by atoms with van der Waals surface area (Å²) in [5.41, 5.74) is 9.43. The Labute approximate surface area is 169 Å². The number of amides is 2. The zero-order chi connectivity index (χ0) is 21.0. The number of nitrogens with zero attached hydrogens (tertiary/aromatic N) is 3. The zero-order valence-electron chi connectivity index (χ0n) is 16.8. The van der Waals surface area contributed by atoms with Crippen LogP contribution in [-0.2, 0) is 11.3 Å². The number of benzene rings is 2. The van der Waals surface area contributed by atoms with Gasteiger partial charge in [-0.3, -0.25) is 9.59 Å². The van der Waals surface area contributed by atoms with Crippen molar-refractivity contribution < 1.29 is 14.3 Å². The number of carbonyl (C=O) groups excluding carboxylic acids is 2. The Balaban J connectivity index is 1.78. The van der Waals surface area contributed by atoms with Crippen molar-refractivity contribution in [2.24, 2.45) is 5.73 Å². The van der Waals surface area contributed by atoms with Gasteiger partial charge in [-0.2, -0.15) is 5.10 Å². The number of rotatable bonds is 7. The molecule has 0 aliphatic heterocycles. The summed E-state index contributed by atoms with van der Waals surface area (Å²) in [6.45, 7) is 4.14. The standard InChI is InChI=1S/C22H24N4O3/c1-15-20(16(2)26(24-15)18-9-5-4-6-10-18)13-25(3)22(28)17-8-7-11-19(12-17)29-14-21(23)27/h4-12H,13-14H2,1-3H3,(H2,23,27). The fraction of sp³-hybridized carbons (Fsp3) is 0.227. The number of aryl methyl sites for hydroxylation is 1. The third kappa shape index (κ3) is 4.63. The van der Waals surface area contributed by atoms with Crippen molar-refractivity contribution in [1.82, 2.24) is 14.7 Å². The minimum Gasteiger partial charge on any atom is -0.484 e. The van der Waals surface area contributed by atoms with E-state index in [1.54, 1.807) is 36.2 Å². The molecular weight excluding hydrogens is 368 g/mol. The quantitative estimate of drug-likeness (QED) is 0.669. The first-order valence-corrected chi connectivity index (χ1v) is 9.24. The van der Waals surface area contributed by atoms with Crippen LogP contribution in [0.3, 0.4) is 0 Å². The molecule has 7 heteroatoms. The van der Waals surface area contributed by atoms with E-state index in [0.29, 0.717) is 17.9 Å². The van der Waals surface area contributed by atoms with Crippen molar-refractivity contribution >= 4 is 11.8 Å². The van der Waals surface area contributed by atoms with Crippen molar-refractivity contribution in [2.45, 2.75) is 20.4 Å². The Morgan fingerprint density at radius 3 is 2.52 bits per heavy atom. The number of hydrogen-bond donors (Lipinski definition) is 1. The monoisotopic (exact) mass is 392 g/mol. The predicted octanol–water partition coefficient (Wildman–Crippen LogP) is 2.63. The minimum atomic E-state index is -0.569. The van der Waals surface area contributed by atoms with Crippen LogP contribution in [0.15, 0.2) is 54.6 Å². The number of para-hydroxylation sites is 1. The molecule has 0 radical (unpaired) electrons. The lowest BCUT2D eigenvalue weighted by atomic mass is 10.1. The van der Waals surface area contributed by atoms with Gasteiger partial charge in [-0.1, -0.05) is 24.3 Å². The highest BCUT2D eigenvalue weighted by molar-refractivity contribution is 5.94. The number of aromatic nitrogens is 2. The molecule has 0 spiro atoms. The van der Waals surface area contributed by atoms with Gasteiger partial charge < -0.3 is 15.4 Å². The van der Waals surface area contributed by atoms with Gasteiger partial charge in [0, 0.05) is 30.4 Å². The van der Waals surface area contributed by atoms with E-state index in [1.807, 2.05) is 48.9 Å². The fourth-order valence-electron chi connectivity index (χ4n) is 3.13. The lowest BCUT2D eigenvalue weighted by Gasteiger charge is -2.18. The number of hydrogen-bond acceptors (Lipinski definition) is 4. The van der Waals surface area contributed by atoms with E-state index in [0.717, 1.165) is 22.6 Å². The van der Waals surface area contributed by atoms with Gasteiger partial charge in [0.25, 0.3) is 11.8 Å². The summed E-state index contributed by atoms with van der Waals surface area (Å²) in [7, 11) is 1.75. The second-order valence-corrected chi connectivity index (χ2v) is 6.84. The van der Waals surface area contributed by atoms with Gasteiger partial charge in [0.05, 0.1) is 11.4 Å². The predicted molar refractivity (Wildman–Crippen MR) is 110 cm³/mol. The van der Waals surface area contributed by atoms with E-state index in [2.05, 4.69) is 5.10 Å². The fourth-order valence-corrected chi connectivity index (χ4v) is 3.13. The summed E-state index contributed by atoms with van der Waals surface area (Å²) >= 11 is 0. The number of primary amides is 1. The number of ether oxygens (including phenoxy) is 1. The molecule has 3 aromatic rings. The maximum absolute atomic E-state index is 12.9. The van der Waals surface area contributed by atoms with Crippen molar-refractivity contribution in [3.63, 3.8) is 0 Å². The first kappa shape index (κ1) is 20.1. The van der Waals surface area contributed by atoms with E-state index < -0.39 is 5.91 Å². The van der Waals surface area contributed by atoms with Gasteiger partial charge in [0.1, 0.15) is 5.75 Å². The minimum absolute atomic E-state index is 0.152. The van der Waals surface area contributed by atoms with Crippen molar-refractivity contribution in [3.05, 3.63) is 77.1 Å². The van der Waals surface area contributed by atoms with Crippen LogP contribution in [0.2, 0.25) is 0 Å². The molecule has 0 fully saturated rings. The van der Waals surface area contributed by atoms with Crippen LogP contribution in [0.25, 0.3) is 5.69 Å². The number of carbonyl (C=O) groups is 2. The Hall–Kier alpha value is -3.61. The van der Waals surface area contributed by atoms with Crippen molar-refractivity contribution in [3.8, 4) is 11.4 Å². The SMILES string of the molecule is Cc1nn(-c2ccccc2)c(C)c1CN(C)C(=O)c1cccc(OCC(N)=O)c1. The summed E-state index contributed by atoms with van der Waals surface area (Å²) in [4.78, 5) is 25.4. The van der Waals surface area contributed by atoms with Gasteiger partial charge in [0.15, 0.2) is 6.61 Å². The lowest BCUT2D eigenvalue weighted by molar-refractivity contribution is -0.119. The van der Waals surface area contributed by atoms with Crippen LogP contribution in [0.5, 0.6) is 5.75 Å². The highest BCUT2D eigenvalue weighted by atomic mass is 16.5. The average molecular weight is 392 g/mol. The van der Waals surface area contributed by atoms with E-state index in [1.165, 1.54) is 0 Å². The highest BCUT2D eigenvalue weighted by Crippen LogP contribution is 2.21. The Morgan fingerprint density at radius 1 is 1.10 bits per heavy atom. The molecule has 1 aromatic heterocycles. The Kier molecular flexibility index (Phi) is 5.97. The molecule has 3 rings (SSSR count). The van der Waals surface area contributed by atoms with Crippen molar-refractivity contribution in [2.75, 3.05) is 13.7 Å². The van der Waals surface area contributed by atoms with E-state index in [4.69, 9.17) is 10.5 Å². The summed E-state index contributed by atoms with van der Waals surface area (Å²) in [5, 5.41) is 4.64. The van der Waals surface area contributed by atoms with Crippen LogP contribution in [0.1, 0.15) is 27.3 Å². The molecule has 2 aromatic carbocycles. The van der Waals surface area contributed by atoms with Crippen LogP contribution < -0.4 is 10.5 Å². The summed E-state index contributed by atoms with van der Waals surface area (Å²) < 4.78 is 7.18. The number of nitrogens with two attached hydrogens (primary N) is 1. The van der Waals surface area contributed by atoms with Crippen LogP contribution in [0, 0.1) is 13.8 Å².